The molecule has 0 aliphatic heterocycles. The molecule has 0 radical (unpaired) electrons. The summed E-state index contributed by atoms with van der Waals surface area (Å²) in [5.41, 5.74) is 4.64. The van der Waals surface area contributed by atoms with E-state index in [0.717, 1.165) is 0 Å². The summed E-state index contributed by atoms with van der Waals surface area (Å²) in [4.78, 5) is 7.55. The standard InChI is InChI=1S/C7H11N3O/c1-2-7(8,11)6-3-4-9-5-10-6/h3-5,11H,2,8H2,1H3. The van der Waals surface area contributed by atoms with Crippen molar-refractivity contribution in [2.45, 2.75) is 19.1 Å². The summed E-state index contributed by atoms with van der Waals surface area (Å²) in [6, 6.07) is 1.60. The molecule has 0 aliphatic carbocycles. The highest BCUT2D eigenvalue weighted by Gasteiger charge is 2.21. The van der Waals surface area contributed by atoms with E-state index in [1.54, 1.807) is 19.2 Å². The number of aromatic nitrogens is 2. The number of rotatable bonds is 2. The van der Waals surface area contributed by atoms with Crippen LogP contribution in [0.2, 0.25) is 0 Å². The Morgan fingerprint density at radius 1 is 1.73 bits per heavy atom. The Morgan fingerprint density at radius 3 is 2.91 bits per heavy atom. The largest absolute Gasteiger partial charge is 0.370 e. The maximum Gasteiger partial charge on any atom is 0.156 e. The van der Waals surface area contributed by atoms with E-state index in [-0.39, 0.29) is 0 Å². The molecular formula is C7H11N3O. The van der Waals surface area contributed by atoms with Crippen LogP contribution in [-0.2, 0) is 5.72 Å². The highest BCUT2D eigenvalue weighted by atomic mass is 16.3. The molecule has 0 bridgehead atoms. The summed E-state index contributed by atoms with van der Waals surface area (Å²) < 4.78 is 0. The van der Waals surface area contributed by atoms with Gasteiger partial charge in [0.2, 0.25) is 0 Å². The van der Waals surface area contributed by atoms with Gasteiger partial charge in [0.05, 0.1) is 5.69 Å². The third kappa shape index (κ3) is 1.72. The summed E-state index contributed by atoms with van der Waals surface area (Å²) in [7, 11) is 0. The summed E-state index contributed by atoms with van der Waals surface area (Å²) in [6.07, 6.45) is 3.35. The highest BCUT2D eigenvalue weighted by molar-refractivity contribution is 5.06. The second-order valence-corrected chi connectivity index (χ2v) is 2.37. The molecular weight excluding hydrogens is 142 g/mol. The van der Waals surface area contributed by atoms with Gasteiger partial charge in [-0.2, -0.15) is 0 Å². The molecule has 0 aliphatic rings. The Kier molecular flexibility index (Phi) is 2.16. The third-order valence-electron chi connectivity index (χ3n) is 1.56. The van der Waals surface area contributed by atoms with Gasteiger partial charge in [-0.05, 0) is 12.5 Å². The molecule has 4 heteroatoms. The van der Waals surface area contributed by atoms with Crippen LogP contribution in [0.1, 0.15) is 19.0 Å². The Balaban J connectivity index is 2.93. The maximum absolute atomic E-state index is 9.48. The fourth-order valence-electron chi connectivity index (χ4n) is 0.728. The van der Waals surface area contributed by atoms with Gasteiger partial charge in [-0.25, -0.2) is 9.97 Å². The smallest absolute Gasteiger partial charge is 0.156 e. The van der Waals surface area contributed by atoms with Crippen LogP contribution in [0.3, 0.4) is 0 Å². The minimum Gasteiger partial charge on any atom is -0.370 e. The van der Waals surface area contributed by atoms with E-state index in [4.69, 9.17) is 5.73 Å². The zero-order chi connectivity index (χ0) is 8.32. The molecule has 1 rings (SSSR count). The van der Waals surface area contributed by atoms with Gasteiger partial charge >= 0.3 is 0 Å². The lowest BCUT2D eigenvalue weighted by atomic mass is 10.1. The van der Waals surface area contributed by atoms with Crippen LogP contribution < -0.4 is 5.73 Å². The van der Waals surface area contributed by atoms with E-state index in [2.05, 4.69) is 9.97 Å². The molecule has 11 heavy (non-hydrogen) atoms. The normalized spacial score (nSPS) is 15.9. The van der Waals surface area contributed by atoms with Crippen LogP contribution in [0, 0.1) is 0 Å². The van der Waals surface area contributed by atoms with Crippen LogP contribution in [0.4, 0.5) is 0 Å². The molecule has 0 saturated carbocycles. The lowest BCUT2D eigenvalue weighted by molar-refractivity contribution is 0.0348. The second kappa shape index (κ2) is 2.94. The molecule has 0 spiro atoms. The number of hydrogen-bond donors (Lipinski definition) is 2. The first kappa shape index (κ1) is 8.10. The fourth-order valence-corrected chi connectivity index (χ4v) is 0.728. The molecule has 1 heterocycles. The maximum atomic E-state index is 9.48. The Labute approximate surface area is 65.1 Å². The second-order valence-electron chi connectivity index (χ2n) is 2.37. The van der Waals surface area contributed by atoms with Gasteiger partial charge < -0.3 is 5.11 Å². The summed E-state index contributed by atoms with van der Waals surface area (Å²) in [6.45, 7) is 1.79. The minimum atomic E-state index is -1.32. The lowest BCUT2D eigenvalue weighted by Crippen LogP contribution is -2.36. The van der Waals surface area contributed by atoms with Gasteiger partial charge in [0.15, 0.2) is 5.72 Å². The van der Waals surface area contributed by atoms with Gasteiger partial charge in [-0.3, -0.25) is 5.73 Å². The van der Waals surface area contributed by atoms with Crippen molar-refractivity contribution in [2.24, 2.45) is 5.73 Å². The van der Waals surface area contributed by atoms with Gasteiger partial charge in [-0.15, -0.1) is 0 Å². The van der Waals surface area contributed by atoms with Crippen molar-refractivity contribution in [2.75, 3.05) is 0 Å². The van der Waals surface area contributed by atoms with E-state index in [0.29, 0.717) is 12.1 Å². The highest BCUT2D eigenvalue weighted by Crippen LogP contribution is 2.14. The molecule has 0 amide bonds. The molecule has 0 fully saturated rings. The van der Waals surface area contributed by atoms with E-state index < -0.39 is 5.72 Å². The van der Waals surface area contributed by atoms with Crippen molar-refractivity contribution >= 4 is 0 Å². The SMILES string of the molecule is CCC(N)(O)c1ccncn1. The van der Waals surface area contributed by atoms with Gasteiger partial charge in [0.1, 0.15) is 6.33 Å². The number of nitrogens with two attached hydrogens (primary N) is 1. The minimum absolute atomic E-state index is 0.435. The van der Waals surface area contributed by atoms with Gasteiger partial charge in [0, 0.05) is 6.20 Å². The first-order valence-corrected chi connectivity index (χ1v) is 3.44. The molecule has 1 aromatic rings. The fraction of sp³-hybridized carbons (Fsp3) is 0.429. The third-order valence-corrected chi connectivity index (χ3v) is 1.56. The molecule has 0 aromatic carbocycles. The number of nitrogens with zero attached hydrogens (tertiary/aromatic N) is 2. The average molecular weight is 153 g/mol. The van der Waals surface area contributed by atoms with E-state index in [1.165, 1.54) is 6.33 Å². The monoisotopic (exact) mass is 153 g/mol. The Morgan fingerprint density at radius 2 is 2.45 bits per heavy atom. The van der Waals surface area contributed by atoms with Crippen molar-refractivity contribution in [3.05, 3.63) is 24.3 Å². The predicted molar refractivity (Wildman–Crippen MR) is 40.4 cm³/mol. The molecule has 3 N–H and O–H groups in total. The quantitative estimate of drug-likeness (QED) is 0.586. The van der Waals surface area contributed by atoms with Gasteiger partial charge in [-0.1, -0.05) is 6.92 Å². The Hall–Kier alpha value is -1.00. The molecule has 60 valence electrons. The van der Waals surface area contributed by atoms with Crippen LogP contribution >= 0.6 is 0 Å². The lowest BCUT2D eigenvalue weighted by Gasteiger charge is -2.19. The van der Waals surface area contributed by atoms with Crippen LogP contribution in [0.25, 0.3) is 0 Å². The van der Waals surface area contributed by atoms with Crippen molar-refractivity contribution < 1.29 is 5.11 Å². The predicted octanol–water partition coefficient (Wildman–Crippen LogP) is -0.00960. The number of hydrogen-bond acceptors (Lipinski definition) is 4. The van der Waals surface area contributed by atoms with Gasteiger partial charge in [0.25, 0.3) is 0 Å². The van der Waals surface area contributed by atoms with Crippen molar-refractivity contribution in [3.63, 3.8) is 0 Å². The molecule has 1 unspecified atom stereocenters. The Bertz CT molecular complexity index is 222. The van der Waals surface area contributed by atoms with Crippen molar-refractivity contribution in [3.8, 4) is 0 Å². The zero-order valence-electron chi connectivity index (χ0n) is 6.36. The first-order valence-electron chi connectivity index (χ1n) is 3.44. The van der Waals surface area contributed by atoms with E-state index in [1.807, 2.05) is 0 Å². The van der Waals surface area contributed by atoms with Crippen molar-refractivity contribution in [1.82, 2.24) is 9.97 Å². The first-order chi connectivity index (χ1) is 5.17. The molecule has 4 nitrogen and oxygen atoms in total. The van der Waals surface area contributed by atoms with E-state index in [9.17, 15) is 5.11 Å². The topological polar surface area (TPSA) is 72.0 Å². The number of aliphatic hydroxyl groups is 1. The molecule has 1 aromatic heterocycles. The zero-order valence-corrected chi connectivity index (χ0v) is 6.36. The van der Waals surface area contributed by atoms with Crippen molar-refractivity contribution in [1.29, 1.82) is 0 Å². The summed E-state index contributed by atoms with van der Waals surface area (Å²) in [5, 5.41) is 9.48. The summed E-state index contributed by atoms with van der Waals surface area (Å²) in [5.74, 6) is 0. The molecule has 1 atom stereocenters. The average Bonchev–Trinajstić information content (AvgIpc) is 2.06. The molecule has 0 saturated heterocycles. The van der Waals surface area contributed by atoms with Crippen LogP contribution in [0.15, 0.2) is 18.6 Å². The van der Waals surface area contributed by atoms with Crippen LogP contribution in [0.5, 0.6) is 0 Å². The van der Waals surface area contributed by atoms with E-state index >= 15 is 0 Å². The summed E-state index contributed by atoms with van der Waals surface area (Å²) >= 11 is 0. The van der Waals surface area contributed by atoms with Crippen LogP contribution in [-0.4, -0.2) is 15.1 Å².